The second-order valence-corrected chi connectivity index (χ2v) is 5.49. The van der Waals surface area contributed by atoms with Crippen molar-refractivity contribution in [2.75, 3.05) is 19.1 Å². The third-order valence-electron chi connectivity index (χ3n) is 3.00. The molecule has 18 heavy (non-hydrogen) atoms. The number of aryl methyl sites for hydroxylation is 1. The third kappa shape index (κ3) is 4.35. The van der Waals surface area contributed by atoms with Crippen LogP contribution in [0.15, 0.2) is 24.3 Å². The van der Waals surface area contributed by atoms with Crippen molar-refractivity contribution in [3.05, 3.63) is 35.4 Å². The molecule has 0 heterocycles. The maximum Gasteiger partial charge on any atom is 0.239 e. The van der Waals surface area contributed by atoms with Crippen LogP contribution in [0.2, 0.25) is 0 Å². The average Bonchev–Trinajstić information content (AvgIpc) is 2.37. The van der Waals surface area contributed by atoms with Gasteiger partial charge in [0.2, 0.25) is 5.91 Å². The van der Waals surface area contributed by atoms with Crippen molar-refractivity contribution in [3.63, 3.8) is 0 Å². The second kappa shape index (κ2) is 7.44. The van der Waals surface area contributed by atoms with Crippen molar-refractivity contribution in [2.45, 2.75) is 25.9 Å². The zero-order valence-corrected chi connectivity index (χ0v) is 12.2. The number of thioether (sulfide) groups is 1. The highest BCUT2D eigenvalue weighted by Gasteiger charge is 2.17. The number of amides is 1. The Morgan fingerprint density at radius 2 is 2.11 bits per heavy atom. The van der Waals surface area contributed by atoms with Gasteiger partial charge < -0.3 is 10.6 Å². The van der Waals surface area contributed by atoms with E-state index in [1.54, 1.807) is 16.7 Å². The van der Waals surface area contributed by atoms with Gasteiger partial charge >= 0.3 is 0 Å². The first-order valence-electron chi connectivity index (χ1n) is 6.10. The third-order valence-corrected chi connectivity index (χ3v) is 3.64. The predicted molar refractivity (Wildman–Crippen MR) is 78.6 cm³/mol. The molecule has 2 N–H and O–H groups in total. The van der Waals surface area contributed by atoms with E-state index >= 15 is 0 Å². The SMILES string of the molecule is CSCC[C@H](N)C(=O)N(C)Cc1ccccc1C. The zero-order chi connectivity index (χ0) is 13.5. The summed E-state index contributed by atoms with van der Waals surface area (Å²) in [5.74, 6) is 0.942. The maximum atomic E-state index is 12.1. The predicted octanol–water partition coefficient (Wildman–Crippen LogP) is 2.03. The first-order valence-corrected chi connectivity index (χ1v) is 7.49. The van der Waals surface area contributed by atoms with Crippen LogP contribution in [0.4, 0.5) is 0 Å². The number of likely N-dealkylation sites (N-methyl/N-ethyl adjacent to an activating group) is 1. The van der Waals surface area contributed by atoms with Crippen molar-refractivity contribution < 1.29 is 4.79 Å². The van der Waals surface area contributed by atoms with E-state index in [4.69, 9.17) is 5.73 Å². The Hall–Kier alpha value is -1.00. The molecule has 1 rings (SSSR count). The van der Waals surface area contributed by atoms with Gasteiger partial charge in [0.1, 0.15) is 0 Å². The van der Waals surface area contributed by atoms with Crippen LogP contribution < -0.4 is 5.73 Å². The number of benzene rings is 1. The Kier molecular flexibility index (Phi) is 6.22. The van der Waals surface area contributed by atoms with Crippen LogP contribution in [0.25, 0.3) is 0 Å². The molecule has 1 atom stereocenters. The minimum Gasteiger partial charge on any atom is -0.340 e. The van der Waals surface area contributed by atoms with E-state index in [-0.39, 0.29) is 11.9 Å². The quantitative estimate of drug-likeness (QED) is 0.857. The summed E-state index contributed by atoms with van der Waals surface area (Å²) in [5, 5.41) is 0. The van der Waals surface area contributed by atoms with Crippen LogP contribution in [-0.4, -0.2) is 35.9 Å². The number of hydrogen-bond donors (Lipinski definition) is 1. The van der Waals surface area contributed by atoms with Crippen LogP contribution in [0.3, 0.4) is 0 Å². The van der Waals surface area contributed by atoms with Crippen LogP contribution in [0, 0.1) is 6.92 Å². The lowest BCUT2D eigenvalue weighted by Gasteiger charge is -2.22. The van der Waals surface area contributed by atoms with Crippen molar-refractivity contribution in [1.82, 2.24) is 4.90 Å². The molecular weight excluding hydrogens is 244 g/mol. The molecule has 0 aromatic heterocycles. The van der Waals surface area contributed by atoms with Gasteiger partial charge in [-0.25, -0.2) is 0 Å². The van der Waals surface area contributed by atoms with Crippen LogP contribution in [0.1, 0.15) is 17.5 Å². The molecule has 0 saturated heterocycles. The number of hydrogen-bond acceptors (Lipinski definition) is 3. The van der Waals surface area contributed by atoms with Gasteiger partial charge in [-0.1, -0.05) is 24.3 Å². The second-order valence-electron chi connectivity index (χ2n) is 4.51. The van der Waals surface area contributed by atoms with Gasteiger partial charge in [0, 0.05) is 13.6 Å². The number of carbonyl (C=O) groups excluding carboxylic acids is 1. The molecule has 0 aliphatic heterocycles. The van der Waals surface area contributed by atoms with Crippen molar-refractivity contribution in [2.24, 2.45) is 5.73 Å². The molecule has 0 spiro atoms. The Bertz CT molecular complexity index is 395. The summed E-state index contributed by atoms with van der Waals surface area (Å²) in [4.78, 5) is 13.8. The van der Waals surface area contributed by atoms with E-state index in [0.29, 0.717) is 6.54 Å². The molecule has 1 aromatic rings. The van der Waals surface area contributed by atoms with Crippen LogP contribution in [0.5, 0.6) is 0 Å². The van der Waals surface area contributed by atoms with Crippen LogP contribution >= 0.6 is 11.8 Å². The highest BCUT2D eigenvalue weighted by molar-refractivity contribution is 7.98. The van der Waals surface area contributed by atoms with E-state index < -0.39 is 0 Å². The minimum absolute atomic E-state index is 0.0207. The van der Waals surface area contributed by atoms with Gasteiger partial charge in [-0.3, -0.25) is 4.79 Å². The smallest absolute Gasteiger partial charge is 0.239 e. The fourth-order valence-electron chi connectivity index (χ4n) is 1.77. The molecule has 0 unspecified atom stereocenters. The number of nitrogens with zero attached hydrogens (tertiary/aromatic N) is 1. The number of rotatable bonds is 6. The Labute approximate surface area is 114 Å². The molecule has 0 aliphatic rings. The largest absolute Gasteiger partial charge is 0.340 e. The molecule has 0 fully saturated rings. The average molecular weight is 266 g/mol. The Morgan fingerprint density at radius 1 is 1.44 bits per heavy atom. The summed E-state index contributed by atoms with van der Waals surface area (Å²) < 4.78 is 0. The van der Waals surface area contributed by atoms with E-state index in [0.717, 1.165) is 12.2 Å². The molecule has 3 nitrogen and oxygen atoms in total. The lowest BCUT2D eigenvalue weighted by molar-refractivity contribution is -0.131. The fourth-order valence-corrected chi connectivity index (χ4v) is 2.26. The van der Waals surface area contributed by atoms with Crippen molar-refractivity contribution in [1.29, 1.82) is 0 Å². The maximum absolute atomic E-state index is 12.1. The summed E-state index contributed by atoms with van der Waals surface area (Å²) in [7, 11) is 1.81. The summed E-state index contributed by atoms with van der Waals surface area (Å²) in [6.07, 6.45) is 2.76. The molecular formula is C14H22N2OS. The lowest BCUT2D eigenvalue weighted by atomic mass is 10.1. The first kappa shape index (κ1) is 15.1. The van der Waals surface area contributed by atoms with Crippen molar-refractivity contribution in [3.8, 4) is 0 Å². The zero-order valence-electron chi connectivity index (χ0n) is 11.3. The Balaban J connectivity index is 2.57. The van der Waals surface area contributed by atoms with Gasteiger partial charge in [0.25, 0.3) is 0 Å². The molecule has 0 saturated carbocycles. The lowest BCUT2D eigenvalue weighted by Crippen LogP contribution is -2.41. The van der Waals surface area contributed by atoms with Gasteiger partial charge in [-0.15, -0.1) is 0 Å². The highest BCUT2D eigenvalue weighted by atomic mass is 32.2. The monoisotopic (exact) mass is 266 g/mol. The highest BCUT2D eigenvalue weighted by Crippen LogP contribution is 2.10. The number of carbonyl (C=O) groups is 1. The van der Waals surface area contributed by atoms with E-state index in [1.807, 2.05) is 31.5 Å². The first-order chi connectivity index (χ1) is 8.56. The molecule has 0 aliphatic carbocycles. The van der Waals surface area contributed by atoms with Gasteiger partial charge in [0.05, 0.1) is 6.04 Å². The summed E-state index contributed by atoms with van der Waals surface area (Å²) in [6.45, 7) is 2.68. The molecule has 1 amide bonds. The van der Waals surface area contributed by atoms with E-state index in [2.05, 4.69) is 13.0 Å². The molecule has 0 radical (unpaired) electrons. The van der Waals surface area contributed by atoms with Crippen LogP contribution in [-0.2, 0) is 11.3 Å². The molecule has 0 bridgehead atoms. The van der Waals surface area contributed by atoms with Gasteiger partial charge in [-0.05, 0) is 36.5 Å². The summed E-state index contributed by atoms with van der Waals surface area (Å²) in [6, 6.07) is 7.72. The van der Waals surface area contributed by atoms with E-state index in [9.17, 15) is 4.79 Å². The van der Waals surface area contributed by atoms with E-state index in [1.165, 1.54) is 11.1 Å². The molecule has 100 valence electrons. The summed E-state index contributed by atoms with van der Waals surface area (Å²) in [5.41, 5.74) is 8.27. The summed E-state index contributed by atoms with van der Waals surface area (Å²) >= 11 is 1.71. The van der Waals surface area contributed by atoms with Gasteiger partial charge in [0.15, 0.2) is 0 Å². The fraction of sp³-hybridized carbons (Fsp3) is 0.500. The standard InChI is InChI=1S/C14H22N2OS/c1-11-6-4-5-7-12(11)10-16(2)14(17)13(15)8-9-18-3/h4-7,13H,8-10,15H2,1-3H3/t13-/m0/s1. The normalized spacial score (nSPS) is 12.2. The topological polar surface area (TPSA) is 46.3 Å². The Morgan fingerprint density at radius 3 is 2.72 bits per heavy atom. The van der Waals surface area contributed by atoms with Gasteiger partial charge in [-0.2, -0.15) is 11.8 Å². The molecule has 1 aromatic carbocycles. The van der Waals surface area contributed by atoms with Crippen molar-refractivity contribution >= 4 is 17.7 Å². The minimum atomic E-state index is -0.383. The number of nitrogens with two attached hydrogens (primary N) is 1. The molecule has 4 heteroatoms.